The number of rotatable bonds is 6. The summed E-state index contributed by atoms with van der Waals surface area (Å²) in [6, 6.07) is 16.1. The zero-order valence-corrected chi connectivity index (χ0v) is 15.4. The highest BCUT2D eigenvalue weighted by Gasteiger charge is 2.36. The number of hydrogen-bond acceptors (Lipinski definition) is 5. The zero-order valence-electron chi connectivity index (χ0n) is 15.4. The molecule has 1 fully saturated rings. The number of hydrogen-bond donors (Lipinski definition) is 0. The maximum atomic E-state index is 12.6. The summed E-state index contributed by atoms with van der Waals surface area (Å²) in [5.74, 6) is -0.779. The number of carbonyl (C=O) groups excluding carboxylic acids is 3. The second kappa shape index (κ2) is 8.35. The topological polar surface area (TPSA) is 90.7 Å². The van der Waals surface area contributed by atoms with Gasteiger partial charge in [0.25, 0.3) is 5.91 Å². The van der Waals surface area contributed by atoms with Gasteiger partial charge < -0.3 is 4.74 Å². The van der Waals surface area contributed by atoms with Crippen LogP contribution in [0.3, 0.4) is 0 Å². The summed E-state index contributed by atoms with van der Waals surface area (Å²) < 4.78 is 4.83. The number of ether oxygens (including phenoxy) is 1. The van der Waals surface area contributed by atoms with Gasteiger partial charge in [-0.2, -0.15) is 5.26 Å². The summed E-state index contributed by atoms with van der Waals surface area (Å²) in [6.45, 7) is 1.92. The standard InChI is InChI=1S/C21H19N3O4/c1-2-28-20(26)11-12-23-19(25)14-24(21(23)27)18-9-7-17(8-10-18)16-5-3-15(13-22)4-6-16/h3-10H,2,11-12,14H2,1H3. The number of imide groups is 1. The van der Waals surface area contributed by atoms with Gasteiger partial charge in [-0.25, -0.2) is 4.79 Å². The molecule has 1 saturated heterocycles. The third-order valence-electron chi connectivity index (χ3n) is 4.43. The van der Waals surface area contributed by atoms with Gasteiger partial charge in [0.1, 0.15) is 6.54 Å². The van der Waals surface area contributed by atoms with Gasteiger partial charge in [0.2, 0.25) is 0 Å². The molecule has 2 aromatic rings. The largest absolute Gasteiger partial charge is 0.466 e. The molecular formula is C21H19N3O4. The molecule has 0 bridgehead atoms. The summed E-state index contributed by atoms with van der Waals surface area (Å²) in [5.41, 5.74) is 3.08. The van der Waals surface area contributed by atoms with Crippen LogP contribution in [0.1, 0.15) is 18.9 Å². The van der Waals surface area contributed by atoms with Crippen molar-refractivity contribution >= 4 is 23.6 Å². The average molecular weight is 377 g/mol. The number of benzene rings is 2. The summed E-state index contributed by atoms with van der Waals surface area (Å²) in [4.78, 5) is 38.7. The molecule has 0 unspecified atom stereocenters. The zero-order chi connectivity index (χ0) is 20.1. The van der Waals surface area contributed by atoms with Gasteiger partial charge in [-0.15, -0.1) is 0 Å². The SMILES string of the molecule is CCOC(=O)CCN1C(=O)CN(c2ccc(-c3ccc(C#N)cc3)cc2)C1=O. The number of carbonyl (C=O) groups is 3. The lowest BCUT2D eigenvalue weighted by atomic mass is 10.0. The van der Waals surface area contributed by atoms with E-state index in [2.05, 4.69) is 6.07 Å². The third-order valence-corrected chi connectivity index (χ3v) is 4.43. The first-order valence-electron chi connectivity index (χ1n) is 8.91. The molecule has 142 valence electrons. The molecule has 0 saturated carbocycles. The molecule has 3 amide bonds. The Kier molecular flexibility index (Phi) is 5.70. The fraction of sp³-hybridized carbons (Fsp3) is 0.238. The monoisotopic (exact) mass is 377 g/mol. The van der Waals surface area contributed by atoms with Crippen LogP contribution >= 0.6 is 0 Å². The molecule has 0 aliphatic carbocycles. The molecule has 0 spiro atoms. The molecule has 1 aliphatic heterocycles. The first-order valence-corrected chi connectivity index (χ1v) is 8.91. The van der Waals surface area contributed by atoms with Crippen LogP contribution in [-0.2, 0) is 14.3 Å². The predicted molar refractivity (Wildman–Crippen MR) is 102 cm³/mol. The van der Waals surface area contributed by atoms with E-state index in [0.717, 1.165) is 16.0 Å². The smallest absolute Gasteiger partial charge is 0.331 e. The Morgan fingerprint density at radius 2 is 1.68 bits per heavy atom. The van der Waals surface area contributed by atoms with Gasteiger partial charge in [-0.3, -0.25) is 19.4 Å². The van der Waals surface area contributed by atoms with Gasteiger partial charge >= 0.3 is 12.0 Å². The lowest BCUT2D eigenvalue weighted by molar-refractivity contribution is -0.143. The molecule has 2 aromatic carbocycles. The van der Waals surface area contributed by atoms with Crippen LogP contribution < -0.4 is 4.90 Å². The molecular weight excluding hydrogens is 358 g/mol. The van der Waals surface area contributed by atoms with E-state index in [0.29, 0.717) is 11.3 Å². The van der Waals surface area contributed by atoms with E-state index in [4.69, 9.17) is 10.00 Å². The molecule has 1 aliphatic rings. The van der Waals surface area contributed by atoms with Crippen LogP contribution in [0.15, 0.2) is 48.5 Å². The first kappa shape index (κ1) is 19.1. The summed E-state index contributed by atoms with van der Waals surface area (Å²) in [6.07, 6.45) is -0.0171. The molecule has 3 rings (SSSR count). The van der Waals surface area contributed by atoms with Crippen molar-refractivity contribution in [2.24, 2.45) is 0 Å². The van der Waals surface area contributed by atoms with E-state index < -0.39 is 12.0 Å². The van der Waals surface area contributed by atoms with Crippen molar-refractivity contribution in [2.75, 3.05) is 24.6 Å². The molecule has 28 heavy (non-hydrogen) atoms. The highest BCUT2D eigenvalue weighted by atomic mass is 16.5. The minimum Gasteiger partial charge on any atom is -0.466 e. The molecule has 7 heteroatoms. The van der Waals surface area contributed by atoms with E-state index in [1.54, 1.807) is 31.2 Å². The summed E-state index contributed by atoms with van der Waals surface area (Å²) in [7, 11) is 0. The Morgan fingerprint density at radius 3 is 2.25 bits per heavy atom. The molecule has 0 atom stereocenters. The van der Waals surface area contributed by atoms with Crippen molar-refractivity contribution in [2.45, 2.75) is 13.3 Å². The fourth-order valence-corrected chi connectivity index (χ4v) is 2.97. The van der Waals surface area contributed by atoms with Crippen LogP contribution in [-0.4, -0.2) is 42.5 Å². The second-order valence-electron chi connectivity index (χ2n) is 6.21. The van der Waals surface area contributed by atoms with Crippen LogP contribution in [0.2, 0.25) is 0 Å². The van der Waals surface area contributed by atoms with Crippen molar-refractivity contribution in [3.8, 4) is 17.2 Å². The molecule has 7 nitrogen and oxygen atoms in total. The highest BCUT2D eigenvalue weighted by Crippen LogP contribution is 2.26. The Bertz CT molecular complexity index is 930. The van der Waals surface area contributed by atoms with Crippen molar-refractivity contribution < 1.29 is 19.1 Å². The van der Waals surface area contributed by atoms with Crippen LogP contribution in [0.5, 0.6) is 0 Å². The van der Waals surface area contributed by atoms with Gasteiger partial charge in [-0.1, -0.05) is 24.3 Å². The van der Waals surface area contributed by atoms with Gasteiger partial charge in [-0.05, 0) is 42.3 Å². The van der Waals surface area contributed by atoms with Crippen LogP contribution in [0.4, 0.5) is 10.5 Å². The number of nitriles is 1. The molecule has 0 radical (unpaired) electrons. The van der Waals surface area contributed by atoms with Gasteiger partial charge in [0, 0.05) is 12.2 Å². The lowest BCUT2D eigenvalue weighted by Crippen LogP contribution is -2.34. The number of anilines is 1. The molecule has 0 aromatic heterocycles. The van der Waals surface area contributed by atoms with E-state index in [9.17, 15) is 14.4 Å². The van der Waals surface area contributed by atoms with Crippen molar-refractivity contribution in [1.82, 2.24) is 4.90 Å². The minimum absolute atomic E-state index is 0.0102. The number of urea groups is 1. The maximum Gasteiger partial charge on any atom is 0.331 e. The van der Waals surface area contributed by atoms with E-state index in [1.807, 2.05) is 24.3 Å². The number of amides is 3. The van der Waals surface area contributed by atoms with E-state index >= 15 is 0 Å². The van der Waals surface area contributed by atoms with Gasteiger partial charge in [0.05, 0.1) is 24.7 Å². The predicted octanol–water partition coefficient (Wildman–Crippen LogP) is 2.95. The Morgan fingerprint density at radius 1 is 1.07 bits per heavy atom. The Labute approximate surface area is 162 Å². The van der Waals surface area contributed by atoms with Crippen molar-refractivity contribution in [3.05, 3.63) is 54.1 Å². The lowest BCUT2D eigenvalue weighted by Gasteiger charge is -2.17. The molecule has 0 N–H and O–H groups in total. The van der Waals surface area contributed by atoms with E-state index in [1.165, 1.54) is 4.90 Å². The highest BCUT2D eigenvalue weighted by molar-refractivity contribution is 6.12. The van der Waals surface area contributed by atoms with Crippen molar-refractivity contribution in [1.29, 1.82) is 5.26 Å². The first-order chi connectivity index (χ1) is 13.5. The van der Waals surface area contributed by atoms with Gasteiger partial charge in [0.15, 0.2) is 0 Å². The summed E-state index contributed by atoms with van der Waals surface area (Å²) in [5, 5.41) is 8.88. The quantitative estimate of drug-likeness (QED) is 0.570. The fourth-order valence-electron chi connectivity index (χ4n) is 2.97. The number of nitrogens with zero attached hydrogens (tertiary/aromatic N) is 3. The Hall–Kier alpha value is -3.66. The van der Waals surface area contributed by atoms with Crippen LogP contribution in [0, 0.1) is 11.3 Å². The Balaban J connectivity index is 1.69. The van der Waals surface area contributed by atoms with E-state index in [-0.39, 0.29) is 32.0 Å². The van der Waals surface area contributed by atoms with Crippen molar-refractivity contribution in [3.63, 3.8) is 0 Å². The third kappa shape index (κ3) is 4.01. The van der Waals surface area contributed by atoms with Crippen LogP contribution in [0.25, 0.3) is 11.1 Å². The number of esters is 1. The average Bonchev–Trinajstić information content (AvgIpc) is 3.00. The normalized spacial score (nSPS) is 13.6. The maximum absolute atomic E-state index is 12.6. The molecule has 1 heterocycles. The summed E-state index contributed by atoms with van der Waals surface area (Å²) >= 11 is 0. The second-order valence-corrected chi connectivity index (χ2v) is 6.21. The minimum atomic E-state index is -0.444.